The van der Waals surface area contributed by atoms with Crippen LogP contribution in [0.3, 0.4) is 0 Å². The molecule has 0 aliphatic rings. The second-order valence-corrected chi connectivity index (χ2v) is 4.05. The van der Waals surface area contributed by atoms with Crippen molar-refractivity contribution in [2.24, 2.45) is 0 Å². The highest BCUT2D eigenvalue weighted by Gasteiger charge is 2.16. The largest absolute Gasteiger partial charge is 0.508 e. The summed E-state index contributed by atoms with van der Waals surface area (Å²) in [7, 11) is 0. The zero-order valence-electron chi connectivity index (χ0n) is 10.3. The van der Waals surface area contributed by atoms with Crippen LogP contribution in [0, 0.1) is 0 Å². The van der Waals surface area contributed by atoms with Gasteiger partial charge in [0.1, 0.15) is 11.9 Å². The number of phenolic OH excluding ortho intramolecular Hbond substituents is 1. The van der Waals surface area contributed by atoms with Crippen molar-refractivity contribution < 1.29 is 14.6 Å². The quantitative estimate of drug-likeness (QED) is 0.627. The summed E-state index contributed by atoms with van der Waals surface area (Å²) >= 11 is 0. The van der Waals surface area contributed by atoms with Crippen molar-refractivity contribution in [1.82, 2.24) is 0 Å². The number of rotatable bonds is 5. The van der Waals surface area contributed by atoms with Crippen LogP contribution in [0.25, 0.3) is 0 Å². The molecule has 0 spiro atoms. The fraction of sp³-hybridized carbons (Fsp3) is 0.357. The highest BCUT2D eigenvalue weighted by Crippen LogP contribution is 2.25. The van der Waals surface area contributed by atoms with E-state index in [-0.39, 0.29) is 17.8 Å². The van der Waals surface area contributed by atoms with E-state index in [4.69, 9.17) is 4.74 Å². The van der Waals surface area contributed by atoms with E-state index in [2.05, 4.69) is 6.58 Å². The first-order valence-corrected chi connectivity index (χ1v) is 5.70. The Morgan fingerprint density at radius 2 is 2.00 bits per heavy atom. The number of carbonyl (C=O) groups excluding carboxylic acids is 1. The molecule has 1 N–H and O–H groups in total. The van der Waals surface area contributed by atoms with E-state index in [1.807, 2.05) is 6.92 Å². The molecule has 92 valence electrons. The SMILES string of the molecule is C=C(C)C(=O)OC(CCC)c1ccc(O)cc1. The van der Waals surface area contributed by atoms with Crippen LogP contribution in [0.2, 0.25) is 0 Å². The molecule has 0 radical (unpaired) electrons. The molecule has 0 saturated heterocycles. The maximum atomic E-state index is 11.5. The molecule has 0 heterocycles. The summed E-state index contributed by atoms with van der Waals surface area (Å²) in [5.74, 6) is -0.174. The smallest absolute Gasteiger partial charge is 0.333 e. The Balaban J connectivity index is 2.81. The first-order valence-electron chi connectivity index (χ1n) is 5.70. The molecule has 0 aromatic heterocycles. The van der Waals surface area contributed by atoms with Gasteiger partial charge < -0.3 is 9.84 Å². The van der Waals surface area contributed by atoms with E-state index in [0.29, 0.717) is 5.57 Å². The van der Waals surface area contributed by atoms with Gasteiger partial charge >= 0.3 is 5.97 Å². The lowest BCUT2D eigenvalue weighted by molar-refractivity contribution is -0.145. The van der Waals surface area contributed by atoms with E-state index < -0.39 is 0 Å². The number of benzene rings is 1. The number of esters is 1. The Hall–Kier alpha value is -1.77. The molecule has 0 aliphatic heterocycles. The molecule has 1 atom stereocenters. The second-order valence-electron chi connectivity index (χ2n) is 4.05. The summed E-state index contributed by atoms with van der Waals surface area (Å²) in [4.78, 5) is 11.5. The van der Waals surface area contributed by atoms with Crippen molar-refractivity contribution >= 4 is 5.97 Å². The van der Waals surface area contributed by atoms with Crippen LogP contribution in [0.15, 0.2) is 36.4 Å². The molecule has 17 heavy (non-hydrogen) atoms. The summed E-state index contributed by atoms with van der Waals surface area (Å²) < 4.78 is 5.36. The zero-order valence-corrected chi connectivity index (χ0v) is 10.3. The van der Waals surface area contributed by atoms with Gasteiger partial charge in [-0.2, -0.15) is 0 Å². The number of phenols is 1. The van der Waals surface area contributed by atoms with Crippen molar-refractivity contribution in [2.75, 3.05) is 0 Å². The monoisotopic (exact) mass is 234 g/mol. The second kappa shape index (κ2) is 6.09. The third-order valence-electron chi connectivity index (χ3n) is 2.41. The standard InChI is InChI=1S/C14H18O3/c1-4-5-13(17-14(16)10(2)3)11-6-8-12(15)9-7-11/h6-9,13,15H,2,4-5H2,1,3H3. The Labute approximate surface area is 102 Å². The van der Waals surface area contributed by atoms with Gasteiger partial charge in [0.05, 0.1) is 0 Å². The zero-order chi connectivity index (χ0) is 12.8. The number of hydrogen-bond donors (Lipinski definition) is 1. The molecule has 0 amide bonds. The van der Waals surface area contributed by atoms with Gasteiger partial charge in [-0.3, -0.25) is 0 Å². The number of aromatic hydroxyl groups is 1. The van der Waals surface area contributed by atoms with Crippen LogP contribution in [0.5, 0.6) is 5.75 Å². The predicted molar refractivity (Wildman–Crippen MR) is 66.7 cm³/mol. The third kappa shape index (κ3) is 3.94. The molecule has 1 unspecified atom stereocenters. The van der Waals surface area contributed by atoms with E-state index in [1.165, 1.54) is 0 Å². The molecular weight excluding hydrogens is 216 g/mol. The molecular formula is C14H18O3. The van der Waals surface area contributed by atoms with Crippen LogP contribution in [0.1, 0.15) is 38.4 Å². The average molecular weight is 234 g/mol. The molecule has 0 saturated carbocycles. The van der Waals surface area contributed by atoms with Gasteiger partial charge in [0.2, 0.25) is 0 Å². The molecule has 1 rings (SSSR count). The highest BCUT2D eigenvalue weighted by atomic mass is 16.5. The molecule has 0 fully saturated rings. The summed E-state index contributed by atoms with van der Waals surface area (Å²) in [6, 6.07) is 6.71. The number of carbonyl (C=O) groups is 1. The number of ether oxygens (including phenoxy) is 1. The van der Waals surface area contributed by atoms with E-state index in [9.17, 15) is 9.90 Å². The number of hydrogen-bond acceptors (Lipinski definition) is 3. The molecule has 1 aromatic carbocycles. The first kappa shape index (κ1) is 13.3. The minimum absolute atomic E-state index is 0.204. The summed E-state index contributed by atoms with van der Waals surface area (Å²) in [5, 5.41) is 9.22. The van der Waals surface area contributed by atoms with E-state index in [1.54, 1.807) is 31.2 Å². The third-order valence-corrected chi connectivity index (χ3v) is 2.41. The molecule has 1 aromatic rings. The predicted octanol–water partition coefficient (Wildman–Crippen LogP) is 3.35. The van der Waals surface area contributed by atoms with Gasteiger partial charge in [-0.1, -0.05) is 32.1 Å². The summed E-state index contributed by atoms with van der Waals surface area (Å²) in [6.45, 7) is 7.22. The van der Waals surface area contributed by atoms with Crippen molar-refractivity contribution in [3.8, 4) is 5.75 Å². The normalized spacial score (nSPS) is 11.9. The van der Waals surface area contributed by atoms with E-state index in [0.717, 1.165) is 18.4 Å². The van der Waals surface area contributed by atoms with Crippen molar-refractivity contribution in [3.05, 3.63) is 42.0 Å². The Kier molecular flexibility index (Phi) is 4.76. The van der Waals surface area contributed by atoms with Gasteiger partial charge in [-0.05, 0) is 31.0 Å². The van der Waals surface area contributed by atoms with Gasteiger partial charge in [0.25, 0.3) is 0 Å². The van der Waals surface area contributed by atoms with Crippen LogP contribution in [-0.2, 0) is 9.53 Å². The molecule has 3 heteroatoms. The van der Waals surface area contributed by atoms with Crippen molar-refractivity contribution in [1.29, 1.82) is 0 Å². The lowest BCUT2D eigenvalue weighted by Gasteiger charge is -2.17. The first-order chi connectivity index (χ1) is 8.04. The fourth-order valence-corrected chi connectivity index (χ4v) is 1.47. The summed E-state index contributed by atoms with van der Waals surface area (Å²) in [5.41, 5.74) is 1.28. The lowest BCUT2D eigenvalue weighted by atomic mass is 10.0. The Morgan fingerprint density at radius 1 is 1.41 bits per heavy atom. The van der Waals surface area contributed by atoms with Crippen molar-refractivity contribution in [2.45, 2.75) is 32.8 Å². The maximum Gasteiger partial charge on any atom is 0.333 e. The Bertz CT molecular complexity index is 392. The van der Waals surface area contributed by atoms with E-state index >= 15 is 0 Å². The van der Waals surface area contributed by atoms with Gasteiger partial charge in [0.15, 0.2) is 0 Å². The minimum Gasteiger partial charge on any atom is -0.508 e. The molecule has 0 bridgehead atoms. The van der Waals surface area contributed by atoms with Crippen LogP contribution in [-0.4, -0.2) is 11.1 Å². The minimum atomic E-state index is -0.378. The van der Waals surface area contributed by atoms with Gasteiger partial charge in [-0.25, -0.2) is 4.79 Å². The maximum absolute atomic E-state index is 11.5. The highest BCUT2D eigenvalue weighted by molar-refractivity contribution is 5.87. The molecule has 3 nitrogen and oxygen atoms in total. The van der Waals surface area contributed by atoms with Crippen LogP contribution in [0.4, 0.5) is 0 Å². The van der Waals surface area contributed by atoms with Crippen LogP contribution >= 0.6 is 0 Å². The van der Waals surface area contributed by atoms with Gasteiger partial charge in [0, 0.05) is 5.57 Å². The average Bonchev–Trinajstić information content (AvgIpc) is 2.29. The van der Waals surface area contributed by atoms with Gasteiger partial charge in [-0.15, -0.1) is 0 Å². The van der Waals surface area contributed by atoms with Crippen LogP contribution < -0.4 is 0 Å². The lowest BCUT2D eigenvalue weighted by Crippen LogP contribution is -2.11. The van der Waals surface area contributed by atoms with Crippen molar-refractivity contribution in [3.63, 3.8) is 0 Å². The topological polar surface area (TPSA) is 46.5 Å². The molecule has 0 aliphatic carbocycles. The Morgan fingerprint density at radius 3 is 2.47 bits per heavy atom. The summed E-state index contributed by atoms with van der Waals surface area (Å²) in [6.07, 6.45) is 1.39. The fourth-order valence-electron chi connectivity index (χ4n) is 1.47.